The fraction of sp³-hybridized carbons (Fsp3) is 0.861. The van der Waals surface area contributed by atoms with Crippen molar-refractivity contribution in [3.63, 3.8) is 0 Å². The van der Waals surface area contributed by atoms with Gasteiger partial charge in [0.2, 0.25) is 0 Å². The number of hydrogen-bond acceptors (Lipinski definition) is 0. The minimum Gasteiger partial charge on any atom is -0.205 e. The quantitative estimate of drug-likeness (QED) is 0.0739. The molecule has 1 aromatic heterocycles. The van der Waals surface area contributed by atoms with E-state index in [4.69, 9.17) is 0 Å². The highest BCUT2D eigenvalue weighted by Crippen LogP contribution is 2.15. The molecule has 0 N–H and O–H groups in total. The smallest absolute Gasteiger partial charge is 0.169 e. The van der Waals surface area contributed by atoms with Gasteiger partial charge in [-0.2, -0.15) is 0 Å². The third kappa shape index (κ3) is 24.0. The second kappa shape index (κ2) is 28.2. The van der Waals surface area contributed by atoms with Crippen LogP contribution in [0.15, 0.2) is 24.5 Å². The number of aryl methyl sites for hydroxylation is 2. The first kappa shape index (κ1) is 34.2. The Morgan fingerprint density at radius 2 is 0.676 bits per heavy atom. The van der Waals surface area contributed by atoms with Gasteiger partial charge < -0.3 is 0 Å². The maximum absolute atomic E-state index is 2.40. The molecule has 1 heteroatoms. The minimum absolute atomic E-state index is 1.19. The van der Waals surface area contributed by atoms with Crippen molar-refractivity contribution in [2.24, 2.45) is 0 Å². The highest BCUT2D eigenvalue weighted by molar-refractivity contribution is 5.07. The van der Waals surface area contributed by atoms with E-state index in [1.807, 2.05) is 0 Å². The lowest BCUT2D eigenvalue weighted by Crippen LogP contribution is -2.32. The monoisotopic (exact) mass is 515 g/mol. The fourth-order valence-corrected chi connectivity index (χ4v) is 5.64. The van der Waals surface area contributed by atoms with Gasteiger partial charge in [-0.15, -0.1) is 0 Å². The molecule has 0 saturated carbocycles. The van der Waals surface area contributed by atoms with Crippen LogP contribution in [-0.2, 0) is 13.0 Å². The molecule has 0 radical (unpaired) electrons. The Bertz CT molecular complexity index is 548. The summed E-state index contributed by atoms with van der Waals surface area (Å²) in [4.78, 5) is 0. The third-order valence-corrected chi connectivity index (χ3v) is 8.30. The first-order valence-electron chi connectivity index (χ1n) is 17.3. The summed E-state index contributed by atoms with van der Waals surface area (Å²) in [6, 6.07) is 4.73. The lowest BCUT2D eigenvalue weighted by atomic mass is 10.0. The Labute approximate surface area is 234 Å². The standard InChI is InChI=1S/C36H68N/c1-3-5-7-9-11-13-15-17-18-19-20-22-24-26-28-30-36-31-34-37(35-32-36)33-29-27-25-23-21-16-14-12-10-8-6-4-2/h31-32,34-35H,3-30,33H2,1-2H3/q+1. The van der Waals surface area contributed by atoms with Gasteiger partial charge in [0.15, 0.2) is 12.4 Å². The molecular weight excluding hydrogens is 446 g/mol. The molecule has 1 nitrogen and oxygen atoms in total. The number of unbranched alkanes of at least 4 members (excludes halogenated alkanes) is 25. The fourth-order valence-electron chi connectivity index (χ4n) is 5.64. The van der Waals surface area contributed by atoms with Crippen molar-refractivity contribution in [1.82, 2.24) is 0 Å². The normalized spacial score (nSPS) is 11.4. The highest BCUT2D eigenvalue weighted by Gasteiger charge is 2.02. The molecule has 0 spiro atoms. The molecule has 0 aliphatic heterocycles. The number of aromatic nitrogens is 1. The molecule has 0 aliphatic rings. The maximum Gasteiger partial charge on any atom is 0.169 e. The Balaban J connectivity index is 1.84. The number of pyridine rings is 1. The van der Waals surface area contributed by atoms with Crippen LogP contribution in [0.25, 0.3) is 0 Å². The summed E-state index contributed by atoms with van der Waals surface area (Å²) in [7, 11) is 0. The van der Waals surface area contributed by atoms with Crippen LogP contribution in [0.5, 0.6) is 0 Å². The Morgan fingerprint density at radius 1 is 0.378 bits per heavy atom. The van der Waals surface area contributed by atoms with Crippen molar-refractivity contribution in [2.45, 2.75) is 200 Å². The average Bonchev–Trinajstić information content (AvgIpc) is 2.92. The predicted octanol–water partition coefficient (Wildman–Crippen LogP) is 12.1. The molecule has 1 rings (SSSR count). The zero-order chi connectivity index (χ0) is 26.5. The van der Waals surface area contributed by atoms with Crippen LogP contribution < -0.4 is 4.57 Å². The van der Waals surface area contributed by atoms with Gasteiger partial charge in [0.05, 0.1) is 0 Å². The largest absolute Gasteiger partial charge is 0.205 e. The van der Waals surface area contributed by atoms with E-state index in [1.54, 1.807) is 0 Å². The van der Waals surface area contributed by atoms with Gasteiger partial charge >= 0.3 is 0 Å². The van der Waals surface area contributed by atoms with E-state index >= 15 is 0 Å². The van der Waals surface area contributed by atoms with Gasteiger partial charge in [-0.05, 0) is 24.8 Å². The lowest BCUT2D eigenvalue weighted by Gasteiger charge is -2.04. The van der Waals surface area contributed by atoms with E-state index in [1.165, 1.54) is 192 Å². The van der Waals surface area contributed by atoms with Gasteiger partial charge in [-0.3, -0.25) is 0 Å². The van der Waals surface area contributed by atoms with Crippen molar-refractivity contribution in [1.29, 1.82) is 0 Å². The van der Waals surface area contributed by atoms with Crippen LogP contribution in [0.2, 0.25) is 0 Å². The predicted molar refractivity (Wildman–Crippen MR) is 166 cm³/mol. The van der Waals surface area contributed by atoms with Crippen molar-refractivity contribution < 1.29 is 4.57 Å². The number of rotatable bonds is 29. The molecule has 0 bridgehead atoms. The first-order chi connectivity index (χ1) is 18.4. The zero-order valence-electron chi connectivity index (χ0n) is 25.8. The SMILES string of the molecule is CCCCCCCCCCCCCCCCCc1cc[n+](CCCCCCCCCCCCCC)cc1. The average molecular weight is 515 g/mol. The Hall–Kier alpha value is -0.850. The second-order valence-electron chi connectivity index (χ2n) is 12.0. The summed E-state index contributed by atoms with van der Waals surface area (Å²) >= 11 is 0. The lowest BCUT2D eigenvalue weighted by molar-refractivity contribution is -0.697. The molecule has 0 aromatic carbocycles. The minimum atomic E-state index is 1.19. The molecule has 0 fully saturated rings. The van der Waals surface area contributed by atoms with Crippen LogP contribution >= 0.6 is 0 Å². The Morgan fingerprint density at radius 3 is 1.03 bits per heavy atom. The molecule has 0 amide bonds. The number of hydrogen-bond donors (Lipinski definition) is 0. The molecule has 0 unspecified atom stereocenters. The molecule has 1 heterocycles. The van der Waals surface area contributed by atoms with Crippen molar-refractivity contribution in [3.05, 3.63) is 30.1 Å². The molecule has 37 heavy (non-hydrogen) atoms. The van der Waals surface area contributed by atoms with Crippen LogP contribution in [0, 0.1) is 0 Å². The number of nitrogens with zero attached hydrogens (tertiary/aromatic N) is 1. The summed E-state index contributed by atoms with van der Waals surface area (Å²) in [5, 5.41) is 0. The van der Waals surface area contributed by atoms with Gasteiger partial charge in [-0.1, -0.05) is 168 Å². The maximum atomic E-state index is 2.40. The highest BCUT2D eigenvalue weighted by atomic mass is 14.9. The van der Waals surface area contributed by atoms with E-state index in [0.717, 1.165) is 0 Å². The Kier molecular flexibility index (Phi) is 26.0. The van der Waals surface area contributed by atoms with Gasteiger partial charge in [0, 0.05) is 18.6 Å². The van der Waals surface area contributed by atoms with Crippen molar-refractivity contribution >= 4 is 0 Å². The molecule has 216 valence electrons. The molecule has 0 atom stereocenters. The summed E-state index contributed by atoms with van der Waals surface area (Å²) in [5.41, 5.74) is 1.53. The molecule has 0 aliphatic carbocycles. The van der Waals surface area contributed by atoms with Gasteiger partial charge in [0.1, 0.15) is 6.54 Å². The van der Waals surface area contributed by atoms with Crippen molar-refractivity contribution in [3.8, 4) is 0 Å². The molecular formula is C36H68N+. The van der Waals surface area contributed by atoms with Gasteiger partial charge in [-0.25, -0.2) is 4.57 Å². The summed E-state index contributed by atoms with van der Waals surface area (Å²) in [6.07, 6.45) is 44.7. The first-order valence-corrected chi connectivity index (χ1v) is 17.3. The zero-order valence-corrected chi connectivity index (χ0v) is 25.8. The third-order valence-electron chi connectivity index (χ3n) is 8.30. The molecule has 0 saturated heterocycles. The summed E-state index contributed by atoms with van der Waals surface area (Å²) < 4.78 is 2.40. The second-order valence-corrected chi connectivity index (χ2v) is 12.0. The van der Waals surface area contributed by atoms with Crippen LogP contribution in [-0.4, -0.2) is 0 Å². The van der Waals surface area contributed by atoms with Gasteiger partial charge in [0.25, 0.3) is 0 Å². The topological polar surface area (TPSA) is 3.88 Å². The van der Waals surface area contributed by atoms with E-state index in [0.29, 0.717) is 0 Å². The summed E-state index contributed by atoms with van der Waals surface area (Å²) in [5.74, 6) is 0. The van der Waals surface area contributed by atoms with Crippen LogP contribution in [0.4, 0.5) is 0 Å². The van der Waals surface area contributed by atoms with Crippen LogP contribution in [0.1, 0.15) is 193 Å². The van der Waals surface area contributed by atoms with E-state index in [2.05, 4.69) is 42.9 Å². The van der Waals surface area contributed by atoms with Crippen LogP contribution in [0.3, 0.4) is 0 Å². The van der Waals surface area contributed by atoms with E-state index in [9.17, 15) is 0 Å². The van der Waals surface area contributed by atoms with E-state index in [-0.39, 0.29) is 0 Å². The van der Waals surface area contributed by atoms with Crippen molar-refractivity contribution in [2.75, 3.05) is 0 Å². The molecule has 1 aromatic rings. The van der Waals surface area contributed by atoms with E-state index < -0.39 is 0 Å². The summed E-state index contributed by atoms with van der Waals surface area (Å²) in [6.45, 7) is 5.80.